The van der Waals surface area contributed by atoms with E-state index in [0.717, 1.165) is 12.8 Å². The number of anilines is 1. The first-order valence-electron chi connectivity index (χ1n) is 5.82. The summed E-state index contributed by atoms with van der Waals surface area (Å²) in [6, 6.07) is 1.60. The van der Waals surface area contributed by atoms with Gasteiger partial charge >= 0.3 is 0 Å². The molecule has 0 atom stereocenters. The molecule has 0 aliphatic rings. The van der Waals surface area contributed by atoms with Crippen molar-refractivity contribution in [2.75, 3.05) is 18.1 Å². The zero-order chi connectivity index (χ0) is 12.8. The molecule has 1 aromatic rings. The molecular weight excluding hydrogens is 287 g/mol. The first-order chi connectivity index (χ1) is 8.13. The van der Waals surface area contributed by atoms with Crippen LogP contribution in [0.1, 0.15) is 26.7 Å². The van der Waals surface area contributed by atoms with E-state index in [9.17, 15) is 4.39 Å². The SMILES string of the molecule is CCC(CC)N(CCO)c1ncc(Br)cc1F. The van der Waals surface area contributed by atoms with Crippen LogP contribution in [0, 0.1) is 5.82 Å². The Kier molecular flexibility index (Phi) is 5.85. The molecule has 5 heteroatoms. The van der Waals surface area contributed by atoms with Gasteiger partial charge in [0.05, 0.1) is 6.61 Å². The van der Waals surface area contributed by atoms with Gasteiger partial charge in [-0.25, -0.2) is 9.37 Å². The van der Waals surface area contributed by atoms with Crippen molar-refractivity contribution in [3.8, 4) is 0 Å². The van der Waals surface area contributed by atoms with Gasteiger partial charge in [-0.15, -0.1) is 0 Å². The van der Waals surface area contributed by atoms with Crippen molar-refractivity contribution in [3.05, 3.63) is 22.6 Å². The van der Waals surface area contributed by atoms with E-state index in [1.807, 2.05) is 4.90 Å². The summed E-state index contributed by atoms with van der Waals surface area (Å²) >= 11 is 3.19. The van der Waals surface area contributed by atoms with Crippen LogP contribution in [0.3, 0.4) is 0 Å². The fraction of sp³-hybridized carbons (Fsp3) is 0.583. The zero-order valence-electron chi connectivity index (χ0n) is 10.2. The highest BCUT2D eigenvalue weighted by Gasteiger charge is 2.19. The maximum absolute atomic E-state index is 13.8. The number of hydrogen-bond acceptors (Lipinski definition) is 3. The fourth-order valence-corrected chi connectivity index (χ4v) is 2.22. The van der Waals surface area contributed by atoms with E-state index < -0.39 is 0 Å². The molecule has 0 radical (unpaired) electrons. The highest BCUT2D eigenvalue weighted by Crippen LogP contribution is 2.23. The van der Waals surface area contributed by atoms with Gasteiger partial charge < -0.3 is 10.0 Å². The quantitative estimate of drug-likeness (QED) is 0.878. The highest BCUT2D eigenvalue weighted by atomic mass is 79.9. The van der Waals surface area contributed by atoms with Crippen LogP contribution >= 0.6 is 15.9 Å². The van der Waals surface area contributed by atoms with Crippen LogP contribution in [0.25, 0.3) is 0 Å². The molecule has 0 amide bonds. The smallest absolute Gasteiger partial charge is 0.166 e. The summed E-state index contributed by atoms with van der Waals surface area (Å²) in [6.07, 6.45) is 3.37. The number of hydrogen-bond donors (Lipinski definition) is 1. The third-order valence-electron chi connectivity index (χ3n) is 2.78. The van der Waals surface area contributed by atoms with Crippen molar-refractivity contribution in [2.45, 2.75) is 32.7 Å². The lowest BCUT2D eigenvalue weighted by Crippen LogP contribution is -2.38. The Morgan fingerprint density at radius 2 is 2.12 bits per heavy atom. The van der Waals surface area contributed by atoms with Crippen LogP contribution in [-0.2, 0) is 0 Å². The van der Waals surface area contributed by atoms with E-state index in [2.05, 4.69) is 34.8 Å². The lowest BCUT2D eigenvalue weighted by Gasteiger charge is -2.31. The lowest BCUT2D eigenvalue weighted by atomic mass is 10.1. The van der Waals surface area contributed by atoms with E-state index >= 15 is 0 Å². The summed E-state index contributed by atoms with van der Waals surface area (Å²) in [5.74, 6) is -0.0457. The minimum atomic E-state index is -0.361. The molecule has 0 spiro atoms. The van der Waals surface area contributed by atoms with Crippen LogP contribution in [0.15, 0.2) is 16.7 Å². The summed E-state index contributed by atoms with van der Waals surface area (Å²) in [4.78, 5) is 5.94. The second-order valence-electron chi connectivity index (χ2n) is 3.85. The molecular formula is C12H18BrFN2O. The van der Waals surface area contributed by atoms with E-state index in [4.69, 9.17) is 5.11 Å². The topological polar surface area (TPSA) is 36.4 Å². The number of rotatable bonds is 6. The van der Waals surface area contributed by atoms with Crippen molar-refractivity contribution >= 4 is 21.7 Å². The third-order valence-corrected chi connectivity index (χ3v) is 3.22. The van der Waals surface area contributed by atoms with Crippen molar-refractivity contribution in [1.29, 1.82) is 0 Å². The van der Waals surface area contributed by atoms with Crippen molar-refractivity contribution in [3.63, 3.8) is 0 Å². The molecule has 0 aliphatic heterocycles. The Hall–Kier alpha value is -0.680. The van der Waals surface area contributed by atoms with Crippen molar-refractivity contribution < 1.29 is 9.50 Å². The van der Waals surface area contributed by atoms with Gasteiger partial charge in [-0.05, 0) is 34.8 Å². The molecule has 17 heavy (non-hydrogen) atoms. The Balaban J connectivity index is 3.03. The van der Waals surface area contributed by atoms with E-state index in [1.165, 1.54) is 6.07 Å². The first kappa shape index (κ1) is 14.4. The largest absolute Gasteiger partial charge is 0.395 e. The number of aliphatic hydroxyl groups excluding tert-OH is 1. The van der Waals surface area contributed by atoms with E-state index in [-0.39, 0.29) is 18.5 Å². The molecule has 1 heterocycles. The Morgan fingerprint density at radius 3 is 2.59 bits per heavy atom. The molecule has 0 saturated heterocycles. The second kappa shape index (κ2) is 6.91. The Bertz CT molecular complexity index is 358. The van der Waals surface area contributed by atoms with Crippen LogP contribution in [0.2, 0.25) is 0 Å². The molecule has 0 aromatic carbocycles. The minimum absolute atomic E-state index is 0.00627. The maximum atomic E-state index is 13.8. The van der Waals surface area contributed by atoms with Gasteiger partial charge in [0.15, 0.2) is 11.6 Å². The normalized spacial score (nSPS) is 10.9. The van der Waals surface area contributed by atoms with Crippen LogP contribution in [0.4, 0.5) is 10.2 Å². The summed E-state index contributed by atoms with van der Waals surface area (Å²) in [5, 5.41) is 9.08. The second-order valence-corrected chi connectivity index (χ2v) is 4.76. The van der Waals surface area contributed by atoms with Crippen molar-refractivity contribution in [2.24, 2.45) is 0 Å². The summed E-state index contributed by atoms with van der Waals surface area (Å²) in [7, 11) is 0. The molecule has 96 valence electrons. The average molecular weight is 305 g/mol. The molecule has 0 aliphatic carbocycles. The number of nitrogens with zero attached hydrogens (tertiary/aromatic N) is 2. The minimum Gasteiger partial charge on any atom is -0.395 e. The van der Waals surface area contributed by atoms with Crippen molar-refractivity contribution in [1.82, 2.24) is 4.98 Å². The summed E-state index contributed by atoms with van der Waals surface area (Å²) < 4.78 is 14.5. The Labute approximate surface area is 110 Å². The number of halogens is 2. The highest BCUT2D eigenvalue weighted by molar-refractivity contribution is 9.10. The monoisotopic (exact) mass is 304 g/mol. The number of aliphatic hydroxyl groups is 1. The van der Waals surface area contributed by atoms with Gasteiger partial charge in [-0.2, -0.15) is 0 Å². The van der Waals surface area contributed by atoms with Crippen LogP contribution < -0.4 is 4.90 Å². The lowest BCUT2D eigenvalue weighted by molar-refractivity contribution is 0.295. The molecule has 0 fully saturated rings. The van der Waals surface area contributed by atoms with Gasteiger partial charge in [-0.3, -0.25) is 0 Å². The first-order valence-corrected chi connectivity index (χ1v) is 6.61. The van der Waals surface area contributed by atoms with E-state index in [0.29, 0.717) is 16.8 Å². The molecule has 0 saturated carbocycles. The summed E-state index contributed by atoms with van der Waals surface area (Å²) in [6.45, 7) is 4.50. The van der Waals surface area contributed by atoms with Gasteiger partial charge in [0.2, 0.25) is 0 Å². The predicted octanol–water partition coefficient (Wildman–Crippen LogP) is 2.97. The molecule has 3 nitrogen and oxygen atoms in total. The summed E-state index contributed by atoms with van der Waals surface area (Å²) in [5.41, 5.74) is 0. The van der Waals surface area contributed by atoms with Gasteiger partial charge in [0, 0.05) is 23.3 Å². The predicted molar refractivity (Wildman–Crippen MR) is 70.7 cm³/mol. The van der Waals surface area contributed by atoms with Gasteiger partial charge in [-0.1, -0.05) is 13.8 Å². The van der Waals surface area contributed by atoms with Crippen LogP contribution in [0.5, 0.6) is 0 Å². The van der Waals surface area contributed by atoms with Gasteiger partial charge in [0.1, 0.15) is 0 Å². The fourth-order valence-electron chi connectivity index (χ4n) is 1.92. The number of aromatic nitrogens is 1. The zero-order valence-corrected chi connectivity index (χ0v) is 11.7. The average Bonchev–Trinajstić information content (AvgIpc) is 2.30. The molecule has 1 rings (SSSR count). The molecule has 0 unspecified atom stereocenters. The molecule has 1 aromatic heterocycles. The molecule has 0 bridgehead atoms. The third kappa shape index (κ3) is 3.64. The Morgan fingerprint density at radius 1 is 1.47 bits per heavy atom. The number of pyridine rings is 1. The maximum Gasteiger partial charge on any atom is 0.166 e. The standard InChI is InChI=1S/C12H18BrFN2O/c1-3-10(4-2)16(5-6-17)12-11(14)7-9(13)8-15-12/h7-8,10,17H,3-6H2,1-2H3. The van der Waals surface area contributed by atoms with E-state index in [1.54, 1.807) is 6.20 Å². The van der Waals surface area contributed by atoms with Gasteiger partial charge in [0.25, 0.3) is 0 Å². The molecule has 1 N–H and O–H groups in total. The van der Waals surface area contributed by atoms with Crippen LogP contribution in [-0.4, -0.2) is 29.3 Å².